The summed E-state index contributed by atoms with van der Waals surface area (Å²) in [6.45, 7) is 2.23. The van der Waals surface area contributed by atoms with E-state index < -0.39 is 0 Å². The maximum absolute atomic E-state index is 12.1. The molecule has 1 radical (unpaired) electrons. The average molecular weight is 289 g/mol. The summed E-state index contributed by atoms with van der Waals surface area (Å²) in [4.78, 5) is 12.1. The normalized spacial score (nSPS) is 22.0. The van der Waals surface area contributed by atoms with E-state index in [-0.39, 0.29) is 23.4 Å². The third-order valence-corrected chi connectivity index (χ3v) is 4.41. The SMILES string of the molecule is CCCCCC1CCC(C(=O)Oc2c[c]ccc2O)CC1. The topological polar surface area (TPSA) is 46.5 Å². The van der Waals surface area contributed by atoms with E-state index >= 15 is 0 Å². The van der Waals surface area contributed by atoms with E-state index in [0.29, 0.717) is 0 Å². The molecule has 1 aromatic rings. The molecule has 0 heterocycles. The van der Waals surface area contributed by atoms with Crippen molar-refractivity contribution in [1.82, 2.24) is 0 Å². The van der Waals surface area contributed by atoms with Crippen molar-refractivity contribution in [2.24, 2.45) is 11.8 Å². The molecular weight excluding hydrogens is 264 g/mol. The fourth-order valence-corrected chi connectivity index (χ4v) is 3.05. The Kier molecular flexibility index (Phi) is 6.09. The standard InChI is InChI=1S/C18H25O3/c1-2-3-4-7-14-10-12-15(13-11-14)18(20)21-17-9-6-5-8-16(17)19/h5,8-9,14-15,19H,2-4,7,10-13H2,1H3. The molecule has 1 aromatic carbocycles. The number of phenols is 1. The van der Waals surface area contributed by atoms with E-state index in [4.69, 9.17) is 4.74 Å². The Bertz CT molecular complexity index is 448. The largest absolute Gasteiger partial charge is 0.504 e. The van der Waals surface area contributed by atoms with Crippen LogP contribution in [0.3, 0.4) is 0 Å². The first-order valence-electron chi connectivity index (χ1n) is 8.11. The molecule has 1 aliphatic rings. The van der Waals surface area contributed by atoms with Gasteiger partial charge in [0.05, 0.1) is 5.92 Å². The van der Waals surface area contributed by atoms with Crippen molar-refractivity contribution in [3.63, 3.8) is 0 Å². The van der Waals surface area contributed by atoms with Crippen molar-refractivity contribution in [1.29, 1.82) is 0 Å². The number of unbranched alkanes of at least 4 members (excludes halogenated alkanes) is 2. The Morgan fingerprint density at radius 1 is 1.33 bits per heavy atom. The van der Waals surface area contributed by atoms with Crippen molar-refractivity contribution < 1.29 is 14.6 Å². The molecule has 3 nitrogen and oxygen atoms in total. The number of hydrogen-bond donors (Lipinski definition) is 1. The predicted octanol–water partition coefficient (Wildman–Crippen LogP) is 4.48. The van der Waals surface area contributed by atoms with Crippen LogP contribution in [0.1, 0.15) is 58.3 Å². The smallest absolute Gasteiger partial charge is 0.314 e. The highest BCUT2D eigenvalue weighted by Gasteiger charge is 2.27. The summed E-state index contributed by atoms with van der Waals surface area (Å²) >= 11 is 0. The van der Waals surface area contributed by atoms with E-state index in [0.717, 1.165) is 31.6 Å². The first-order chi connectivity index (χ1) is 10.2. The predicted molar refractivity (Wildman–Crippen MR) is 82.2 cm³/mol. The molecule has 0 spiro atoms. The number of hydrogen-bond acceptors (Lipinski definition) is 3. The Morgan fingerprint density at radius 2 is 2.10 bits per heavy atom. The van der Waals surface area contributed by atoms with Gasteiger partial charge in [-0.2, -0.15) is 0 Å². The minimum Gasteiger partial charge on any atom is -0.504 e. The minimum atomic E-state index is -0.211. The fraction of sp³-hybridized carbons (Fsp3) is 0.611. The van der Waals surface area contributed by atoms with Gasteiger partial charge in [0.1, 0.15) is 0 Å². The maximum Gasteiger partial charge on any atom is 0.314 e. The van der Waals surface area contributed by atoms with Gasteiger partial charge < -0.3 is 9.84 Å². The van der Waals surface area contributed by atoms with Crippen LogP contribution >= 0.6 is 0 Å². The van der Waals surface area contributed by atoms with Gasteiger partial charge in [0.25, 0.3) is 0 Å². The van der Waals surface area contributed by atoms with Crippen LogP contribution in [0, 0.1) is 17.9 Å². The highest BCUT2D eigenvalue weighted by atomic mass is 16.5. The molecule has 1 saturated carbocycles. The molecule has 1 N–H and O–H groups in total. The number of benzene rings is 1. The van der Waals surface area contributed by atoms with Gasteiger partial charge >= 0.3 is 5.97 Å². The Balaban J connectivity index is 1.77. The van der Waals surface area contributed by atoms with Crippen LogP contribution < -0.4 is 4.74 Å². The Labute approximate surface area is 127 Å². The van der Waals surface area contributed by atoms with Gasteiger partial charge in [-0.25, -0.2) is 0 Å². The zero-order valence-electron chi connectivity index (χ0n) is 12.8. The number of carbonyl (C=O) groups excluding carboxylic acids is 1. The molecule has 0 saturated heterocycles. The second-order valence-electron chi connectivity index (χ2n) is 6.03. The van der Waals surface area contributed by atoms with Gasteiger partial charge in [0, 0.05) is 0 Å². The summed E-state index contributed by atoms with van der Waals surface area (Å²) in [6.07, 6.45) is 9.24. The van der Waals surface area contributed by atoms with Crippen molar-refractivity contribution in [3.8, 4) is 11.5 Å². The van der Waals surface area contributed by atoms with Crippen LogP contribution in [-0.4, -0.2) is 11.1 Å². The van der Waals surface area contributed by atoms with E-state index in [2.05, 4.69) is 13.0 Å². The lowest BCUT2D eigenvalue weighted by Crippen LogP contribution is -2.25. The van der Waals surface area contributed by atoms with Crippen LogP contribution in [0.4, 0.5) is 0 Å². The molecule has 0 unspecified atom stereocenters. The summed E-state index contributed by atoms with van der Waals surface area (Å²) in [7, 11) is 0. The number of carbonyl (C=O) groups is 1. The lowest BCUT2D eigenvalue weighted by Gasteiger charge is -2.27. The van der Waals surface area contributed by atoms with Gasteiger partial charge in [-0.3, -0.25) is 4.79 Å². The lowest BCUT2D eigenvalue weighted by atomic mass is 9.80. The second kappa shape index (κ2) is 8.06. The molecule has 0 aliphatic heterocycles. The minimum absolute atomic E-state index is 0.00430. The van der Waals surface area contributed by atoms with Crippen LogP contribution in [0.25, 0.3) is 0 Å². The van der Waals surface area contributed by atoms with Crippen LogP contribution in [0.2, 0.25) is 0 Å². The summed E-state index contributed by atoms with van der Waals surface area (Å²) in [5.41, 5.74) is 0. The molecule has 2 rings (SSSR count). The summed E-state index contributed by atoms with van der Waals surface area (Å²) in [5, 5.41) is 9.62. The Hall–Kier alpha value is -1.51. The van der Waals surface area contributed by atoms with E-state index in [1.165, 1.54) is 37.8 Å². The Morgan fingerprint density at radius 3 is 2.76 bits per heavy atom. The number of aromatic hydroxyl groups is 1. The number of ether oxygens (including phenoxy) is 1. The summed E-state index contributed by atoms with van der Waals surface area (Å²) in [5.74, 6) is 0.755. The van der Waals surface area contributed by atoms with E-state index in [1.807, 2.05) is 0 Å². The van der Waals surface area contributed by atoms with Crippen LogP contribution in [0.15, 0.2) is 18.2 Å². The first-order valence-corrected chi connectivity index (χ1v) is 8.11. The zero-order valence-corrected chi connectivity index (χ0v) is 12.8. The molecule has 1 aliphatic carbocycles. The molecule has 1 fully saturated rings. The summed E-state index contributed by atoms with van der Waals surface area (Å²) in [6, 6.07) is 7.38. The fourth-order valence-electron chi connectivity index (χ4n) is 3.05. The highest BCUT2D eigenvalue weighted by molar-refractivity contribution is 5.75. The van der Waals surface area contributed by atoms with Crippen molar-refractivity contribution in [3.05, 3.63) is 24.3 Å². The van der Waals surface area contributed by atoms with Crippen molar-refractivity contribution in [2.45, 2.75) is 58.3 Å². The maximum atomic E-state index is 12.1. The quantitative estimate of drug-likeness (QED) is 0.477. The molecule has 3 heteroatoms. The number of phenolic OH excluding ortho intramolecular Hbond substituents is 1. The summed E-state index contributed by atoms with van der Waals surface area (Å²) < 4.78 is 5.30. The highest BCUT2D eigenvalue weighted by Crippen LogP contribution is 2.34. The monoisotopic (exact) mass is 289 g/mol. The van der Waals surface area contributed by atoms with Gasteiger partial charge in [0.15, 0.2) is 11.5 Å². The van der Waals surface area contributed by atoms with E-state index in [9.17, 15) is 9.90 Å². The van der Waals surface area contributed by atoms with Crippen molar-refractivity contribution >= 4 is 5.97 Å². The number of rotatable bonds is 6. The molecular formula is C18H25O3. The molecule has 21 heavy (non-hydrogen) atoms. The van der Waals surface area contributed by atoms with Gasteiger partial charge in [-0.1, -0.05) is 38.7 Å². The first kappa shape index (κ1) is 15.9. The average Bonchev–Trinajstić information content (AvgIpc) is 2.50. The van der Waals surface area contributed by atoms with Crippen LogP contribution in [0.5, 0.6) is 11.5 Å². The molecule has 115 valence electrons. The molecule has 0 bridgehead atoms. The van der Waals surface area contributed by atoms with Gasteiger partial charge in [-0.15, -0.1) is 0 Å². The third-order valence-electron chi connectivity index (χ3n) is 4.41. The van der Waals surface area contributed by atoms with Gasteiger partial charge in [-0.05, 0) is 49.8 Å². The van der Waals surface area contributed by atoms with Crippen LogP contribution in [-0.2, 0) is 4.79 Å². The number of esters is 1. The molecule has 0 amide bonds. The third kappa shape index (κ3) is 4.76. The van der Waals surface area contributed by atoms with Gasteiger partial charge in [0.2, 0.25) is 0 Å². The molecule has 0 aromatic heterocycles. The van der Waals surface area contributed by atoms with Crippen molar-refractivity contribution in [2.75, 3.05) is 0 Å². The van der Waals surface area contributed by atoms with E-state index in [1.54, 1.807) is 6.07 Å². The second-order valence-corrected chi connectivity index (χ2v) is 6.03. The molecule has 0 atom stereocenters. The zero-order chi connectivity index (χ0) is 15.1. The lowest BCUT2D eigenvalue weighted by molar-refractivity contribution is -0.140.